The Morgan fingerprint density at radius 3 is 2.41 bits per heavy atom. The third kappa shape index (κ3) is 5.36. The van der Waals surface area contributed by atoms with Crippen LogP contribution in [0.2, 0.25) is 5.02 Å². The molecule has 0 radical (unpaired) electrons. The number of hydrogen-bond donors (Lipinski definition) is 3. The minimum Gasteiger partial charge on any atom is -0.483 e. The van der Waals surface area contributed by atoms with Crippen LogP contribution in [-0.2, 0) is 14.8 Å². The molecule has 3 rings (SSSR count). The number of hydrogen-bond acceptors (Lipinski definition) is 6. The third-order valence-corrected chi connectivity index (χ3v) is 7.49. The average Bonchev–Trinajstić information content (AvgIpc) is 3.27. The molecule has 154 valence electrons. The largest absolute Gasteiger partial charge is 0.483 e. The molecule has 2 aromatic heterocycles. The predicted octanol–water partition coefficient (Wildman–Crippen LogP) is 4.95. The monoisotopic (exact) mass is 473 g/mol. The van der Waals surface area contributed by atoms with Crippen LogP contribution in [0.25, 0.3) is 10.4 Å². The number of carboxylic acids is 1. The van der Waals surface area contributed by atoms with Gasteiger partial charge in [-0.25, -0.2) is 13.2 Å². The first-order valence-electron chi connectivity index (χ1n) is 7.87. The SMILES string of the molecule is Cc1cc(S(=O)(=O)Nc2cc(-c3ccsc3)sc2C(=O)O)c(C)cc1Cl.O=CO. The Hall–Kier alpha value is -2.40. The fourth-order valence-electron chi connectivity index (χ4n) is 2.42. The number of anilines is 1. The number of benzene rings is 1. The van der Waals surface area contributed by atoms with Gasteiger partial charge in [-0.05, 0) is 60.0 Å². The Kier molecular flexibility index (Phi) is 7.42. The number of carbonyl (C=O) groups is 2. The van der Waals surface area contributed by atoms with E-state index < -0.39 is 16.0 Å². The van der Waals surface area contributed by atoms with E-state index in [1.807, 2.05) is 16.8 Å². The summed E-state index contributed by atoms with van der Waals surface area (Å²) in [5.74, 6) is -1.18. The smallest absolute Gasteiger partial charge is 0.348 e. The average molecular weight is 474 g/mol. The van der Waals surface area contributed by atoms with Crippen molar-refractivity contribution < 1.29 is 28.2 Å². The van der Waals surface area contributed by atoms with Crippen LogP contribution < -0.4 is 4.72 Å². The molecule has 3 N–H and O–H groups in total. The first-order chi connectivity index (χ1) is 13.6. The Morgan fingerprint density at radius 2 is 1.86 bits per heavy atom. The molecule has 0 saturated carbocycles. The maximum absolute atomic E-state index is 12.8. The molecule has 0 aliphatic heterocycles. The highest BCUT2D eigenvalue weighted by atomic mass is 35.5. The van der Waals surface area contributed by atoms with Crippen molar-refractivity contribution in [1.29, 1.82) is 0 Å². The van der Waals surface area contributed by atoms with Gasteiger partial charge in [-0.3, -0.25) is 9.52 Å². The quantitative estimate of drug-likeness (QED) is 0.451. The molecule has 0 unspecified atom stereocenters. The number of rotatable bonds is 5. The molecule has 11 heteroatoms. The first-order valence-corrected chi connectivity index (χ1v) is 11.5. The standard InChI is InChI=1S/C17H14ClNO4S3.CH2O2/c1-9-6-15(10(2)5-12(9)18)26(22,23)19-13-7-14(11-3-4-24-8-11)25-16(13)17(20)21;2-1-3/h3-8,19H,1-2H3,(H,20,21);1H,(H,2,3). The van der Waals surface area contributed by atoms with Crippen molar-refractivity contribution >= 4 is 62.4 Å². The summed E-state index contributed by atoms with van der Waals surface area (Å²) in [5, 5.41) is 20.6. The third-order valence-electron chi connectivity index (χ3n) is 3.72. The molecule has 0 saturated heterocycles. The summed E-state index contributed by atoms with van der Waals surface area (Å²) in [6.45, 7) is 3.10. The first kappa shape index (κ1) is 22.9. The minimum absolute atomic E-state index is 0.0516. The van der Waals surface area contributed by atoms with Gasteiger partial charge in [0.05, 0.1) is 10.6 Å². The molecule has 3 aromatic rings. The molecule has 0 fully saturated rings. The van der Waals surface area contributed by atoms with Gasteiger partial charge >= 0.3 is 5.97 Å². The van der Waals surface area contributed by atoms with Crippen molar-refractivity contribution in [2.45, 2.75) is 18.7 Å². The molecule has 0 spiro atoms. The lowest BCUT2D eigenvalue weighted by molar-refractivity contribution is -0.122. The fraction of sp³-hybridized carbons (Fsp3) is 0.111. The second-order valence-electron chi connectivity index (χ2n) is 5.75. The van der Waals surface area contributed by atoms with E-state index in [-0.39, 0.29) is 21.9 Å². The maximum atomic E-state index is 12.8. The normalized spacial score (nSPS) is 10.7. The van der Waals surface area contributed by atoms with E-state index in [0.29, 0.717) is 21.0 Å². The highest BCUT2D eigenvalue weighted by molar-refractivity contribution is 7.92. The molecule has 29 heavy (non-hydrogen) atoms. The molecule has 0 amide bonds. The van der Waals surface area contributed by atoms with Gasteiger partial charge in [0.1, 0.15) is 4.88 Å². The molecular weight excluding hydrogens is 458 g/mol. The molecule has 2 heterocycles. The number of sulfonamides is 1. The fourth-order valence-corrected chi connectivity index (χ4v) is 5.75. The van der Waals surface area contributed by atoms with Gasteiger partial charge in [-0.15, -0.1) is 11.3 Å². The Labute approximate surface area is 180 Å². The van der Waals surface area contributed by atoms with Crippen LogP contribution >= 0.6 is 34.3 Å². The number of nitrogens with one attached hydrogen (secondary N) is 1. The van der Waals surface area contributed by atoms with Crippen LogP contribution in [-0.4, -0.2) is 31.1 Å². The van der Waals surface area contributed by atoms with E-state index in [1.54, 1.807) is 26.0 Å². The number of halogens is 1. The van der Waals surface area contributed by atoms with Gasteiger partial charge in [-0.1, -0.05) is 11.6 Å². The summed E-state index contributed by atoms with van der Waals surface area (Å²) in [5.41, 5.74) is 2.01. The second kappa shape index (κ2) is 9.40. The predicted molar refractivity (Wildman–Crippen MR) is 115 cm³/mol. The molecule has 7 nitrogen and oxygen atoms in total. The summed E-state index contributed by atoms with van der Waals surface area (Å²) in [6.07, 6.45) is 0. The van der Waals surface area contributed by atoms with Crippen LogP contribution in [0.1, 0.15) is 20.8 Å². The van der Waals surface area contributed by atoms with Crippen molar-refractivity contribution in [2.24, 2.45) is 0 Å². The van der Waals surface area contributed by atoms with Crippen molar-refractivity contribution in [2.75, 3.05) is 4.72 Å². The van der Waals surface area contributed by atoms with E-state index in [4.69, 9.17) is 21.5 Å². The Morgan fingerprint density at radius 1 is 1.21 bits per heavy atom. The van der Waals surface area contributed by atoms with Gasteiger partial charge < -0.3 is 10.2 Å². The van der Waals surface area contributed by atoms with Crippen molar-refractivity contribution in [1.82, 2.24) is 0 Å². The molecule has 0 atom stereocenters. The highest BCUT2D eigenvalue weighted by Crippen LogP contribution is 2.37. The van der Waals surface area contributed by atoms with E-state index in [2.05, 4.69) is 4.72 Å². The summed E-state index contributed by atoms with van der Waals surface area (Å²) < 4.78 is 28.0. The summed E-state index contributed by atoms with van der Waals surface area (Å²) in [7, 11) is -3.96. The number of carboxylic acid groups (broad SMARTS) is 2. The number of aryl methyl sites for hydroxylation is 2. The van der Waals surface area contributed by atoms with E-state index in [9.17, 15) is 18.3 Å². The van der Waals surface area contributed by atoms with Crippen LogP contribution in [0.4, 0.5) is 5.69 Å². The molecule has 1 aromatic carbocycles. The van der Waals surface area contributed by atoms with Crippen molar-refractivity contribution in [3.8, 4) is 10.4 Å². The summed E-state index contributed by atoms with van der Waals surface area (Å²) in [6, 6.07) is 6.46. The molecule has 0 aliphatic rings. The van der Waals surface area contributed by atoms with Crippen LogP contribution in [0.3, 0.4) is 0 Å². The van der Waals surface area contributed by atoms with Crippen LogP contribution in [0.5, 0.6) is 0 Å². The van der Waals surface area contributed by atoms with Gasteiger partial charge in [0, 0.05) is 15.5 Å². The zero-order chi connectivity index (χ0) is 21.8. The highest BCUT2D eigenvalue weighted by Gasteiger charge is 2.24. The Bertz CT molecular complexity index is 1140. The van der Waals surface area contributed by atoms with Crippen molar-refractivity contribution in [3.05, 3.63) is 56.1 Å². The number of aromatic carboxylic acids is 1. The summed E-state index contributed by atoms with van der Waals surface area (Å²) in [4.78, 5) is 20.6. The topological polar surface area (TPSA) is 121 Å². The van der Waals surface area contributed by atoms with E-state index in [1.165, 1.54) is 17.4 Å². The van der Waals surface area contributed by atoms with E-state index in [0.717, 1.165) is 16.9 Å². The zero-order valence-electron chi connectivity index (χ0n) is 15.2. The lowest BCUT2D eigenvalue weighted by atomic mass is 10.2. The van der Waals surface area contributed by atoms with Gasteiger partial charge in [-0.2, -0.15) is 11.3 Å². The molecule has 0 aliphatic carbocycles. The lowest BCUT2D eigenvalue weighted by Gasteiger charge is -2.11. The second-order valence-corrected chi connectivity index (χ2v) is 9.64. The van der Waals surface area contributed by atoms with Gasteiger partial charge in [0.2, 0.25) is 0 Å². The van der Waals surface area contributed by atoms with Crippen LogP contribution in [0.15, 0.2) is 39.9 Å². The molecule has 0 bridgehead atoms. The van der Waals surface area contributed by atoms with Crippen molar-refractivity contribution in [3.63, 3.8) is 0 Å². The van der Waals surface area contributed by atoms with Gasteiger partial charge in [0.15, 0.2) is 0 Å². The zero-order valence-corrected chi connectivity index (χ0v) is 18.4. The Balaban J connectivity index is 0.000000941. The number of thiophene rings is 2. The lowest BCUT2D eigenvalue weighted by Crippen LogP contribution is -2.15. The van der Waals surface area contributed by atoms with Crippen LogP contribution in [0, 0.1) is 13.8 Å². The minimum atomic E-state index is -3.96. The summed E-state index contributed by atoms with van der Waals surface area (Å²) >= 11 is 8.54. The van der Waals surface area contributed by atoms with E-state index >= 15 is 0 Å². The van der Waals surface area contributed by atoms with Gasteiger partial charge in [0.25, 0.3) is 16.5 Å². The molecular formula is C18H16ClNO6S3. The maximum Gasteiger partial charge on any atom is 0.348 e.